The van der Waals surface area contributed by atoms with Crippen LogP contribution in [0.2, 0.25) is 0 Å². The van der Waals surface area contributed by atoms with Gasteiger partial charge in [-0.2, -0.15) is 0 Å². The normalized spacial score (nSPS) is 10.4. The standard InChI is InChI=1S/C16H21N3/c1-3-8-14-12-15(17-11-4-2)19-16(18-14)13-9-6-5-7-10-13/h5-7,9-10,12H,3-4,8,11H2,1-2H3,(H,17,18,19). The Morgan fingerprint density at radius 1 is 1.00 bits per heavy atom. The van der Waals surface area contributed by atoms with Crippen molar-refractivity contribution in [3.63, 3.8) is 0 Å². The van der Waals surface area contributed by atoms with Gasteiger partial charge in [0, 0.05) is 23.9 Å². The van der Waals surface area contributed by atoms with Crippen molar-refractivity contribution in [2.45, 2.75) is 33.1 Å². The monoisotopic (exact) mass is 255 g/mol. The lowest BCUT2D eigenvalue weighted by atomic mass is 10.2. The molecule has 2 rings (SSSR count). The molecule has 1 N–H and O–H groups in total. The van der Waals surface area contributed by atoms with E-state index < -0.39 is 0 Å². The SMILES string of the molecule is CCCNc1cc(CCC)nc(-c2ccccc2)n1. The molecule has 0 radical (unpaired) electrons. The molecular weight excluding hydrogens is 234 g/mol. The lowest BCUT2D eigenvalue weighted by molar-refractivity contribution is 0.872. The van der Waals surface area contributed by atoms with Crippen molar-refractivity contribution in [3.05, 3.63) is 42.1 Å². The molecule has 1 aromatic heterocycles. The summed E-state index contributed by atoms with van der Waals surface area (Å²) in [5.74, 6) is 1.74. The molecule has 0 fully saturated rings. The summed E-state index contributed by atoms with van der Waals surface area (Å²) in [5, 5.41) is 3.35. The van der Waals surface area contributed by atoms with Gasteiger partial charge in [-0.15, -0.1) is 0 Å². The van der Waals surface area contributed by atoms with Gasteiger partial charge >= 0.3 is 0 Å². The Bertz CT molecular complexity index is 509. The molecule has 100 valence electrons. The topological polar surface area (TPSA) is 37.8 Å². The van der Waals surface area contributed by atoms with Gasteiger partial charge in [0.1, 0.15) is 5.82 Å². The van der Waals surface area contributed by atoms with Crippen molar-refractivity contribution in [2.24, 2.45) is 0 Å². The number of aromatic nitrogens is 2. The van der Waals surface area contributed by atoms with Crippen LogP contribution in [-0.2, 0) is 6.42 Å². The van der Waals surface area contributed by atoms with E-state index in [1.54, 1.807) is 0 Å². The van der Waals surface area contributed by atoms with Crippen LogP contribution in [0.3, 0.4) is 0 Å². The maximum absolute atomic E-state index is 4.65. The number of hydrogen-bond donors (Lipinski definition) is 1. The summed E-state index contributed by atoms with van der Waals surface area (Å²) < 4.78 is 0. The molecular formula is C16H21N3. The molecule has 0 aliphatic heterocycles. The Balaban J connectivity index is 2.33. The van der Waals surface area contributed by atoms with E-state index in [9.17, 15) is 0 Å². The summed E-state index contributed by atoms with van der Waals surface area (Å²) in [6.07, 6.45) is 3.18. The zero-order chi connectivity index (χ0) is 13.5. The molecule has 0 unspecified atom stereocenters. The molecule has 3 heteroatoms. The minimum Gasteiger partial charge on any atom is -0.370 e. The van der Waals surface area contributed by atoms with E-state index >= 15 is 0 Å². The van der Waals surface area contributed by atoms with Gasteiger partial charge in [-0.3, -0.25) is 0 Å². The van der Waals surface area contributed by atoms with Crippen LogP contribution >= 0.6 is 0 Å². The molecule has 0 amide bonds. The van der Waals surface area contributed by atoms with Gasteiger partial charge in [-0.25, -0.2) is 9.97 Å². The van der Waals surface area contributed by atoms with Gasteiger partial charge in [0.25, 0.3) is 0 Å². The van der Waals surface area contributed by atoms with Gasteiger partial charge < -0.3 is 5.32 Å². The molecule has 3 nitrogen and oxygen atoms in total. The number of anilines is 1. The molecule has 1 aromatic carbocycles. The highest BCUT2D eigenvalue weighted by molar-refractivity contribution is 5.57. The average Bonchev–Trinajstić information content (AvgIpc) is 2.46. The summed E-state index contributed by atoms with van der Waals surface area (Å²) in [6, 6.07) is 12.2. The summed E-state index contributed by atoms with van der Waals surface area (Å²) in [6.45, 7) is 5.26. The van der Waals surface area contributed by atoms with Crippen LogP contribution in [0.15, 0.2) is 36.4 Å². The number of rotatable bonds is 6. The predicted octanol–water partition coefficient (Wildman–Crippen LogP) is 3.92. The van der Waals surface area contributed by atoms with E-state index in [0.717, 1.165) is 48.7 Å². The van der Waals surface area contributed by atoms with E-state index in [4.69, 9.17) is 0 Å². The fourth-order valence-corrected chi connectivity index (χ4v) is 1.94. The minimum atomic E-state index is 0.810. The van der Waals surface area contributed by atoms with Crippen molar-refractivity contribution in [1.82, 2.24) is 9.97 Å². The van der Waals surface area contributed by atoms with E-state index in [2.05, 4.69) is 47.3 Å². The average molecular weight is 255 g/mol. The molecule has 0 aliphatic rings. The van der Waals surface area contributed by atoms with Crippen molar-refractivity contribution in [1.29, 1.82) is 0 Å². The third-order valence-corrected chi connectivity index (χ3v) is 2.87. The largest absolute Gasteiger partial charge is 0.370 e. The Hall–Kier alpha value is -1.90. The van der Waals surface area contributed by atoms with Crippen LogP contribution in [-0.4, -0.2) is 16.5 Å². The van der Waals surface area contributed by atoms with E-state index in [1.807, 2.05) is 18.2 Å². The smallest absolute Gasteiger partial charge is 0.161 e. The summed E-state index contributed by atoms with van der Waals surface area (Å²) in [4.78, 5) is 9.25. The Labute approximate surface area is 115 Å². The second-order valence-corrected chi connectivity index (χ2v) is 4.61. The summed E-state index contributed by atoms with van der Waals surface area (Å²) >= 11 is 0. The highest BCUT2D eigenvalue weighted by Gasteiger charge is 2.06. The maximum atomic E-state index is 4.65. The molecule has 0 spiro atoms. The van der Waals surface area contributed by atoms with E-state index in [1.165, 1.54) is 0 Å². The zero-order valence-electron chi connectivity index (χ0n) is 11.7. The van der Waals surface area contributed by atoms with Crippen LogP contribution in [0.1, 0.15) is 32.4 Å². The van der Waals surface area contributed by atoms with Gasteiger partial charge in [0.05, 0.1) is 0 Å². The van der Waals surface area contributed by atoms with Crippen LogP contribution in [0.5, 0.6) is 0 Å². The molecule has 0 saturated carbocycles. The Kier molecular flexibility index (Phi) is 4.90. The molecule has 1 heterocycles. The van der Waals surface area contributed by atoms with E-state index in [-0.39, 0.29) is 0 Å². The second-order valence-electron chi connectivity index (χ2n) is 4.61. The van der Waals surface area contributed by atoms with Crippen LogP contribution < -0.4 is 5.32 Å². The first-order valence-electron chi connectivity index (χ1n) is 7.00. The van der Waals surface area contributed by atoms with Crippen molar-refractivity contribution in [2.75, 3.05) is 11.9 Å². The fraction of sp³-hybridized carbons (Fsp3) is 0.375. The maximum Gasteiger partial charge on any atom is 0.161 e. The summed E-state index contributed by atoms with van der Waals surface area (Å²) in [7, 11) is 0. The van der Waals surface area contributed by atoms with Crippen molar-refractivity contribution >= 4 is 5.82 Å². The number of benzene rings is 1. The van der Waals surface area contributed by atoms with Gasteiger partial charge in [-0.1, -0.05) is 50.6 Å². The van der Waals surface area contributed by atoms with Gasteiger partial charge in [0.2, 0.25) is 0 Å². The molecule has 2 aromatic rings. The number of nitrogens with one attached hydrogen (secondary N) is 1. The highest BCUT2D eigenvalue weighted by Crippen LogP contribution is 2.18. The first-order valence-corrected chi connectivity index (χ1v) is 7.00. The van der Waals surface area contributed by atoms with Crippen molar-refractivity contribution in [3.8, 4) is 11.4 Å². The highest BCUT2D eigenvalue weighted by atomic mass is 15.0. The minimum absolute atomic E-state index is 0.810. The lowest BCUT2D eigenvalue weighted by Crippen LogP contribution is -2.05. The predicted molar refractivity (Wildman–Crippen MR) is 80.2 cm³/mol. The molecule has 0 bridgehead atoms. The quantitative estimate of drug-likeness (QED) is 0.850. The first-order chi connectivity index (χ1) is 9.33. The van der Waals surface area contributed by atoms with E-state index in [0.29, 0.717) is 0 Å². The Morgan fingerprint density at radius 3 is 2.47 bits per heavy atom. The van der Waals surface area contributed by atoms with Crippen LogP contribution in [0.25, 0.3) is 11.4 Å². The van der Waals surface area contributed by atoms with Crippen LogP contribution in [0.4, 0.5) is 5.82 Å². The zero-order valence-corrected chi connectivity index (χ0v) is 11.7. The van der Waals surface area contributed by atoms with Gasteiger partial charge in [0.15, 0.2) is 5.82 Å². The number of nitrogens with zero attached hydrogens (tertiary/aromatic N) is 2. The molecule has 0 atom stereocenters. The third kappa shape index (κ3) is 3.78. The summed E-state index contributed by atoms with van der Waals surface area (Å²) in [5.41, 5.74) is 2.18. The molecule has 0 saturated heterocycles. The Morgan fingerprint density at radius 2 is 1.79 bits per heavy atom. The number of hydrogen-bond acceptors (Lipinski definition) is 3. The molecule has 0 aliphatic carbocycles. The first kappa shape index (κ1) is 13.5. The van der Waals surface area contributed by atoms with Gasteiger partial charge in [-0.05, 0) is 12.8 Å². The third-order valence-electron chi connectivity index (χ3n) is 2.87. The number of aryl methyl sites for hydroxylation is 1. The fourth-order valence-electron chi connectivity index (χ4n) is 1.94. The lowest BCUT2D eigenvalue weighted by Gasteiger charge is -2.09. The molecule has 19 heavy (non-hydrogen) atoms. The second kappa shape index (κ2) is 6.88. The van der Waals surface area contributed by atoms with Crippen molar-refractivity contribution < 1.29 is 0 Å². The van der Waals surface area contributed by atoms with Crippen LogP contribution in [0, 0.1) is 0 Å².